The lowest BCUT2D eigenvalue weighted by Crippen LogP contribution is -2.12. The zero-order valence-electron chi connectivity index (χ0n) is 18.8. The van der Waals surface area contributed by atoms with E-state index in [0.29, 0.717) is 12.3 Å². The van der Waals surface area contributed by atoms with Crippen molar-refractivity contribution in [2.45, 2.75) is 58.8 Å². The molecule has 0 bridgehead atoms. The van der Waals surface area contributed by atoms with E-state index >= 15 is 0 Å². The second-order valence-corrected chi connectivity index (χ2v) is 8.48. The second-order valence-electron chi connectivity index (χ2n) is 8.48. The van der Waals surface area contributed by atoms with E-state index in [9.17, 15) is 4.79 Å². The number of esters is 1. The largest absolute Gasteiger partial charge is 0.469 e. The van der Waals surface area contributed by atoms with Gasteiger partial charge in [0.25, 0.3) is 0 Å². The predicted molar refractivity (Wildman–Crippen MR) is 126 cm³/mol. The summed E-state index contributed by atoms with van der Waals surface area (Å²) in [4.78, 5) is 11.8. The Bertz CT molecular complexity index is 984. The smallest absolute Gasteiger partial charge is 0.306 e. The van der Waals surface area contributed by atoms with E-state index in [1.165, 1.54) is 46.6 Å². The van der Waals surface area contributed by atoms with E-state index in [0.717, 1.165) is 19.3 Å². The molecule has 2 heteroatoms. The molecule has 0 radical (unpaired) electrons. The molecular weight excluding hydrogens is 368 g/mol. The Morgan fingerprint density at radius 2 is 1.67 bits per heavy atom. The average Bonchev–Trinajstić information content (AvgIpc) is 2.76. The quantitative estimate of drug-likeness (QED) is 0.360. The summed E-state index contributed by atoms with van der Waals surface area (Å²) >= 11 is 0. The monoisotopic (exact) mass is 402 g/mol. The van der Waals surface area contributed by atoms with Gasteiger partial charge in [0.05, 0.1) is 13.5 Å². The molecule has 0 spiro atoms. The molecule has 3 aromatic carbocycles. The summed E-state index contributed by atoms with van der Waals surface area (Å²) in [6.45, 7) is 6.59. The molecular formula is C28H34O2. The lowest BCUT2D eigenvalue weighted by atomic mass is 9.83. The summed E-state index contributed by atoms with van der Waals surface area (Å²) in [5.41, 5.74) is 5.42. The van der Waals surface area contributed by atoms with Gasteiger partial charge in [0.15, 0.2) is 0 Å². The van der Waals surface area contributed by atoms with Gasteiger partial charge in [-0.25, -0.2) is 0 Å². The third-order valence-corrected chi connectivity index (χ3v) is 6.40. The van der Waals surface area contributed by atoms with Gasteiger partial charge in [-0.2, -0.15) is 0 Å². The molecule has 0 saturated carbocycles. The topological polar surface area (TPSA) is 26.3 Å². The first kappa shape index (κ1) is 22.1. The fourth-order valence-electron chi connectivity index (χ4n) is 4.69. The SMILES string of the molecule is CCC(CCc1cccc2ccccc12)Cc1cccc(C)c1C(C)CC(=O)OC. The first-order chi connectivity index (χ1) is 14.5. The first-order valence-electron chi connectivity index (χ1n) is 11.1. The van der Waals surface area contributed by atoms with Crippen molar-refractivity contribution in [2.75, 3.05) is 7.11 Å². The standard InChI is InChI=1S/C28H34O2/c1-5-22(16-17-24-13-9-12-23-11-6-7-15-26(23)24)19-25-14-8-10-20(2)28(25)21(3)18-27(29)30-4/h6-15,21-22H,5,16-19H2,1-4H3. The normalized spacial score (nSPS) is 13.2. The number of aryl methyl sites for hydroxylation is 2. The van der Waals surface area contributed by atoms with E-state index in [-0.39, 0.29) is 11.9 Å². The highest BCUT2D eigenvalue weighted by Gasteiger charge is 2.19. The minimum absolute atomic E-state index is 0.139. The van der Waals surface area contributed by atoms with Crippen LogP contribution in [0.15, 0.2) is 60.7 Å². The number of hydrogen-bond acceptors (Lipinski definition) is 2. The van der Waals surface area contributed by atoms with Gasteiger partial charge in [-0.1, -0.05) is 80.9 Å². The number of fused-ring (bicyclic) bond motifs is 1. The summed E-state index contributed by atoms with van der Waals surface area (Å²) in [6.07, 6.45) is 4.91. The molecule has 0 aliphatic heterocycles. The van der Waals surface area contributed by atoms with Gasteiger partial charge in [-0.15, -0.1) is 0 Å². The first-order valence-corrected chi connectivity index (χ1v) is 11.1. The van der Waals surface area contributed by atoms with Crippen LogP contribution in [0.4, 0.5) is 0 Å². The van der Waals surface area contributed by atoms with Crippen LogP contribution in [-0.2, 0) is 22.4 Å². The summed E-state index contributed by atoms with van der Waals surface area (Å²) in [6, 6.07) is 21.9. The van der Waals surface area contributed by atoms with E-state index in [1.54, 1.807) is 0 Å². The van der Waals surface area contributed by atoms with Crippen molar-refractivity contribution in [1.29, 1.82) is 0 Å². The van der Waals surface area contributed by atoms with Gasteiger partial charge >= 0.3 is 5.97 Å². The molecule has 0 heterocycles. The van der Waals surface area contributed by atoms with Gasteiger partial charge in [0.1, 0.15) is 0 Å². The van der Waals surface area contributed by atoms with Crippen LogP contribution in [-0.4, -0.2) is 13.1 Å². The Hall–Kier alpha value is -2.61. The van der Waals surface area contributed by atoms with Gasteiger partial charge in [0.2, 0.25) is 0 Å². The maximum Gasteiger partial charge on any atom is 0.306 e. The van der Waals surface area contributed by atoms with Crippen LogP contribution in [0.1, 0.15) is 61.3 Å². The van der Waals surface area contributed by atoms with Gasteiger partial charge in [-0.3, -0.25) is 4.79 Å². The molecule has 0 saturated heterocycles. The second kappa shape index (κ2) is 10.4. The maximum absolute atomic E-state index is 11.8. The number of methoxy groups -OCH3 is 1. The minimum Gasteiger partial charge on any atom is -0.469 e. The zero-order valence-corrected chi connectivity index (χ0v) is 18.8. The van der Waals surface area contributed by atoms with Crippen LogP contribution in [0.2, 0.25) is 0 Å². The van der Waals surface area contributed by atoms with Crippen LogP contribution in [0.5, 0.6) is 0 Å². The molecule has 0 aliphatic carbocycles. The number of carbonyl (C=O) groups is 1. The van der Waals surface area contributed by atoms with Crippen molar-refractivity contribution >= 4 is 16.7 Å². The van der Waals surface area contributed by atoms with Gasteiger partial charge in [-0.05, 0) is 71.0 Å². The van der Waals surface area contributed by atoms with Crippen LogP contribution in [0.25, 0.3) is 10.8 Å². The Morgan fingerprint density at radius 1 is 0.967 bits per heavy atom. The third-order valence-electron chi connectivity index (χ3n) is 6.40. The zero-order chi connectivity index (χ0) is 21.5. The summed E-state index contributed by atoms with van der Waals surface area (Å²) in [5.74, 6) is 0.652. The molecule has 0 aromatic heterocycles. The Morgan fingerprint density at radius 3 is 2.43 bits per heavy atom. The molecule has 0 amide bonds. The maximum atomic E-state index is 11.8. The molecule has 30 heavy (non-hydrogen) atoms. The fraction of sp³-hybridized carbons (Fsp3) is 0.393. The number of ether oxygens (including phenoxy) is 1. The molecule has 2 atom stereocenters. The lowest BCUT2D eigenvalue weighted by molar-refractivity contribution is -0.140. The fourth-order valence-corrected chi connectivity index (χ4v) is 4.69. The number of benzene rings is 3. The minimum atomic E-state index is -0.139. The van der Waals surface area contributed by atoms with Gasteiger partial charge in [0, 0.05) is 0 Å². The average molecular weight is 403 g/mol. The highest BCUT2D eigenvalue weighted by molar-refractivity contribution is 5.85. The molecule has 0 N–H and O–H groups in total. The highest BCUT2D eigenvalue weighted by Crippen LogP contribution is 2.31. The van der Waals surface area contributed by atoms with E-state index in [4.69, 9.17) is 4.74 Å². The number of rotatable bonds is 9. The Kier molecular flexibility index (Phi) is 7.68. The molecule has 2 unspecified atom stereocenters. The van der Waals surface area contributed by atoms with Crippen molar-refractivity contribution in [3.05, 3.63) is 82.9 Å². The van der Waals surface area contributed by atoms with E-state index < -0.39 is 0 Å². The van der Waals surface area contributed by atoms with Crippen LogP contribution in [0, 0.1) is 12.8 Å². The van der Waals surface area contributed by atoms with Crippen molar-refractivity contribution in [1.82, 2.24) is 0 Å². The lowest BCUT2D eigenvalue weighted by Gasteiger charge is -2.22. The van der Waals surface area contributed by atoms with Gasteiger partial charge < -0.3 is 4.74 Å². The highest BCUT2D eigenvalue weighted by atomic mass is 16.5. The molecule has 0 fully saturated rings. The summed E-state index contributed by atoms with van der Waals surface area (Å²) in [7, 11) is 1.47. The van der Waals surface area contributed by atoms with Crippen LogP contribution in [0.3, 0.4) is 0 Å². The molecule has 3 aromatic rings. The third kappa shape index (κ3) is 5.30. The Labute approximate surface area is 181 Å². The van der Waals surface area contributed by atoms with E-state index in [1.807, 2.05) is 0 Å². The van der Waals surface area contributed by atoms with Crippen molar-refractivity contribution in [3.63, 3.8) is 0 Å². The number of hydrogen-bond donors (Lipinski definition) is 0. The van der Waals surface area contributed by atoms with Crippen molar-refractivity contribution in [3.8, 4) is 0 Å². The van der Waals surface area contributed by atoms with E-state index in [2.05, 4.69) is 81.4 Å². The molecule has 158 valence electrons. The number of carbonyl (C=O) groups excluding carboxylic acids is 1. The molecule has 3 rings (SSSR count). The Balaban J connectivity index is 1.76. The van der Waals surface area contributed by atoms with Crippen LogP contribution >= 0.6 is 0 Å². The summed E-state index contributed by atoms with van der Waals surface area (Å²) in [5, 5.41) is 2.69. The molecule has 0 aliphatic rings. The molecule has 2 nitrogen and oxygen atoms in total. The summed E-state index contributed by atoms with van der Waals surface area (Å²) < 4.78 is 4.91. The van der Waals surface area contributed by atoms with Crippen LogP contribution < -0.4 is 0 Å². The van der Waals surface area contributed by atoms with Crippen molar-refractivity contribution in [2.24, 2.45) is 5.92 Å². The van der Waals surface area contributed by atoms with Crippen molar-refractivity contribution < 1.29 is 9.53 Å². The predicted octanol–water partition coefficient (Wildman–Crippen LogP) is 7.02.